The molecule has 138 valence electrons. The van der Waals surface area contributed by atoms with E-state index in [1.165, 1.54) is 23.6 Å². The van der Waals surface area contributed by atoms with Crippen LogP contribution in [0.15, 0.2) is 24.4 Å². The number of rotatable bonds is 5. The largest absolute Gasteiger partial charge is 0.464 e. The topological polar surface area (TPSA) is 77.4 Å². The van der Waals surface area contributed by atoms with Gasteiger partial charge in [-0.05, 0) is 25.1 Å². The lowest BCUT2D eigenvalue weighted by molar-refractivity contribution is -0.142. The summed E-state index contributed by atoms with van der Waals surface area (Å²) in [4.78, 5) is 10.9. The molecule has 10 heteroatoms. The molecule has 1 atom stereocenters. The van der Waals surface area contributed by atoms with E-state index < -0.39 is 33.8 Å². The van der Waals surface area contributed by atoms with E-state index in [4.69, 9.17) is 4.74 Å². The summed E-state index contributed by atoms with van der Waals surface area (Å²) >= 11 is 0. The first-order valence-electron chi connectivity index (χ1n) is 7.21. The van der Waals surface area contributed by atoms with Crippen molar-refractivity contribution in [3.63, 3.8) is 0 Å². The van der Waals surface area contributed by atoms with Crippen molar-refractivity contribution in [2.24, 2.45) is 0 Å². The predicted octanol–water partition coefficient (Wildman–Crippen LogP) is 3.16. The fraction of sp³-hybridized carbons (Fsp3) is 0.400. The SMILES string of the molecule is CC(=O)OCC(C)n1cc(C(F)(F)F)c2cc(NS(C)(=O)=O)ccc21. The molecule has 0 bridgehead atoms. The van der Waals surface area contributed by atoms with Gasteiger partial charge in [0.1, 0.15) is 6.61 Å². The summed E-state index contributed by atoms with van der Waals surface area (Å²) in [6, 6.07) is 3.37. The maximum atomic E-state index is 13.3. The summed E-state index contributed by atoms with van der Waals surface area (Å²) in [5.41, 5.74) is -0.605. The molecule has 1 N–H and O–H groups in total. The summed E-state index contributed by atoms with van der Waals surface area (Å²) < 4.78 is 71.0. The average molecular weight is 378 g/mol. The Morgan fingerprint density at radius 2 is 2.00 bits per heavy atom. The van der Waals surface area contributed by atoms with Crippen LogP contribution in [0.1, 0.15) is 25.5 Å². The number of hydrogen-bond acceptors (Lipinski definition) is 4. The molecule has 1 aromatic carbocycles. The molecule has 0 aliphatic carbocycles. The first-order valence-corrected chi connectivity index (χ1v) is 9.10. The second kappa shape index (κ2) is 6.58. The molecule has 1 aromatic heterocycles. The molecular formula is C15H17F3N2O4S. The van der Waals surface area contributed by atoms with E-state index in [-0.39, 0.29) is 23.2 Å². The van der Waals surface area contributed by atoms with Crippen LogP contribution in [0.2, 0.25) is 0 Å². The molecule has 0 spiro atoms. The zero-order valence-corrected chi connectivity index (χ0v) is 14.5. The number of nitrogens with zero attached hydrogens (tertiary/aromatic N) is 1. The van der Waals surface area contributed by atoms with Crippen LogP contribution < -0.4 is 4.72 Å². The van der Waals surface area contributed by atoms with Gasteiger partial charge in [-0.3, -0.25) is 9.52 Å². The normalized spacial score (nSPS) is 13.7. The van der Waals surface area contributed by atoms with Crippen molar-refractivity contribution in [2.45, 2.75) is 26.1 Å². The van der Waals surface area contributed by atoms with Crippen molar-refractivity contribution >= 4 is 32.6 Å². The Labute approximate surface area is 142 Å². The van der Waals surface area contributed by atoms with Crippen molar-refractivity contribution < 1.29 is 31.1 Å². The van der Waals surface area contributed by atoms with Gasteiger partial charge in [-0.25, -0.2) is 8.42 Å². The highest BCUT2D eigenvalue weighted by atomic mass is 32.2. The second-order valence-corrected chi connectivity index (χ2v) is 7.45. The number of sulfonamides is 1. The van der Waals surface area contributed by atoms with Crippen LogP contribution in [-0.4, -0.2) is 31.8 Å². The van der Waals surface area contributed by atoms with Crippen molar-refractivity contribution in [3.8, 4) is 0 Å². The van der Waals surface area contributed by atoms with Gasteiger partial charge in [0.15, 0.2) is 0 Å². The number of ether oxygens (including phenoxy) is 1. The zero-order valence-electron chi connectivity index (χ0n) is 13.7. The monoisotopic (exact) mass is 378 g/mol. The Bertz CT molecular complexity index is 903. The van der Waals surface area contributed by atoms with E-state index in [0.29, 0.717) is 0 Å². The third-order valence-corrected chi connectivity index (χ3v) is 4.05. The zero-order chi connectivity index (χ0) is 19.0. The van der Waals surface area contributed by atoms with E-state index in [9.17, 15) is 26.4 Å². The number of benzene rings is 1. The van der Waals surface area contributed by atoms with Crippen LogP contribution in [0.3, 0.4) is 0 Å². The molecule has 0 aliphatic heterocycles. The first-order chi connectivity index (χ1) is 11.4. The summed E-state index contributed by atoms with van der Waals surface area (Å²) in [6.07, 6.45) is -2.77. The molecule has 2 aromatic rings. The van der Waals surface area contributed by atoms with Gasteiger partial charge in [0, 0.05) is 29.7 Å². The van der Waals surface area contributed by atoms with Crippen LogP contribution in [0.5, 0.6) is 0 Å². The van der Waals surface area contributed by atoms with Crippen LogP contribution in [-0.2, 0) is 25.7 Å². The van der Waals surface area contributed by atoms with Gasteiger partial charge >= 0.3 is 12.1 Å². The van der Waals surface area contributed by atoms with E-state index >= 15 is 0 Å². The minimum Gasteiger partial charge on any atom is -0.464 e. The van der Waals surface area contributed by atoms with Crippen molar-refractivity contribution in [1.29, 1.82) is 0 Å². The fourth-order valence-electron chi connectivity index (χ4n) is 2.44. The number of carbonyl (C=O) groups excluding carboxylic acids is 1. The molecule has 0 amide bonds. The number of esters is 1. The molecule has 0 saturated heterocycles. The third kappa shape index (κ3) is 4.65. The maximum absolute atomic E-state index is 13.3. The van der Waals surface area contributed by atoms with Crippen LogP contribution in [0, 0.1) is 0 Å². The number of hydrogen-bond donors (Lipinski definition) is 1. The van der Waals surface area contributed by atoms with Crippen molar-refractivity contribution in [2.75, 3.05) is 17.6 Å². The number of nitrogens with one attached hydrogen (secondary N) is 1. The molecule has 2 rings (SSSR count). The molecule has 0 saturated carbocycles. The number of alkyl halides is 3. The Balaban J connectivity index is 2.56. The van der Waals surface area contributed by atoms with E-state index in [2.05, 4.69) is 4.72 Å². The summed E-state index contributed by atoms with van der Waals surface area (Å²) in [6.45, 7) is 2.75. The molecule has 6 nitrogen and oxygen atoms in total. The van der Waals surface area contributed by atoms with Gasteiger partial charge in [0.05, 0.1) is 17.9 Å². The first kappa shape index (κ1) is 19.1. The molecule has 0 fully saturated rings. The smallest absolute Gasteiger partial charge is 0.418 e. The lowest BCUT2D eigenvalue weighted by Crippen LogP contribution is -2.14. The molecule has 0 radical (unpaired) electrons. The Kier molecular flexibility index (Phi) is 5.03. The summed E-state index contributed by atoms with van der Waals surface area (Å²) in [7, 11) is -3.62. The Morgan fingerprint density at radius 1 is 1.36 bits per heavy atom. The molecular weight excluding hydrogens is 361 g/mol. The van der Waals surface area contributed by atoms with Gasteiger partial charge in [-0.1, -0.05) is 0 Å². The number of aromatic nitrogens is 1. The van der Waals surface area contributed by atoms with Crippen molar-refractivity contribution in [3.05, 3.63) is 30.0 Å². The fourth-order valence-corrected chi connectivity index (χ4v) is 3.00. The standard InChI is InChI=1S/C15H17F3N2O4S/c1-9(8-24-10(2)21)20-7-13(15(16,17)18)12-6-11(4-5-14(12)20)19-25(3,22)23/h4-7,9,19H,8H2,1-3H3. The molecule has 0 aliphatic rings. The second-order valence-electron chi connectivity index (χ2n) is 5.71. The maximum Gasteiger partial charge on any atom is 0.418 e. The van der Waals surface area contributed by atoms with Crippen LogP contribution in [0.4, 0.5) is 18.9 Å². The lowest BCUT2D eigenvalue weighted by Gasteiger charge is -2.15. The van der Waals surface area contributed by atoms with Gasteiger partial charge in [-0.2, -0.15) is 13.2 Å². The lowest BCUT2D eigenvalue weighted by atomic mass is 10.1. The Hall–Kier alpha value is -2.23. The molecule has 1 unspecified atom stereocenters. The average Bonchev–Trinajstić information content (AvgIpc) is 2.81. The summed E-state index contributed by atoms with van der Waals surface area (Å²) in [5, 5.41) is -0.143. The third-order valence-electron chi connectivity index (χ3n) is 3.44. The van der Waals surface area contributed by atoms with E-state index in [1.54, 1.807) is 6.92 Å². The van der Waals surface area contributed by atoms with E-state index in [1.807, 2.05) is 0 Å². The minimum absolute atomic E-state index is 0.0332. The van der Waals surface area contributed by atoms with Gasteiger partial charge in [0.25, 0.3) is 0 Å². The highest BCUT2D eigenvalue weighted by molar-refractivity contribution is 7.92. The molecule has 25 heavy (non-hydrogen) atoms. The van der Waals surface area contributed by atoms with Crippen LogP contribution in [0.25, 0.3) is 10.9 Å². The minimum atomic E-state index is -4.62. The highest BCUT2D eigenvalue weighted by Crippen LogP contribution is 2.38. The van der Waals surface area contributed by atoms with Gasteiger partial charge in [-0.15, -0.1) is 0 Å². The number of carbonyl (C=O) groups is 1. The number of halogens is 3. The van der Waals surface area contributed by atoms with Crippen LogP contribution >= 0.6 is 0 Å². The molecule has 1 heterocycles. The van der Waals surface area contributed by atoms with E-state index in [0.717, 1.165) is 18.5 Å². The summed E-state index contributed by atoms with van der Waals surface area (Å²) in [5.74, 6) is -0.529. The van der Waals surface area contributed by atoms with Crippen molar-refractivity contribution in [1.82, 2.24) is 4.57 Å². The highest BCUT2D eigenvalue weighted by Gasteiger charge is 2.35. The Morgan fingerprint density at radius 3 is 2.52 bits per heavy atom. The number of anilines is 1. The number of fused-ring (bicyclic) bond motifs is 1. The van der Waals surface area contributed by atoms with Gasteiger partial charge in [0.2, 0.25) is 10.0 Å². The predicted molar refractivity (Wildman–Crippen MR) is 86.8 cm³/mol. The quantitative estimate of drug-likeness (QED) is 0.811. The van der Waals surface area contributed by atoms with Gasteiger partial charge < -0.3 is 9.30 Å².